The van der Waals surface area contributed by atoms with Crippen LogP contribution in [0.2, 0.25) is 0 Å². The van der Waals surface area contributed by atoms with Gasteiger partial charge in [0.25, 0.3) is 0 Å². The molecular weight excluding hydrogens is 267 g/mol. The summed E-state index contributed by atoms with van der Waals surface area (Å²) >= 11 is 0. The summed E-state index contributed by atoms with van der Waals surface area (Å²) in [4.78, 5) is 12.3. The fraction of sp³-hybridized carbons (Fsp3) is 0.647. The lowest BCUT2D eigenvalue weighted by Crippen LogP contribution is -2.34. The molecule has 1 aliphatic carbocycles. The summed E-state index contributed by atoms with van der Waals surface area (Å²) in [7, 11) is -1.60. The summed E-state index contributed by atoms with van der Waals surface area (Å²) in [5.41, 5.74) is 1.10. The van der Waals surface area contributed by atoms with Crippen molar-refractivity contribution in [1.82, 2.24) is 0 Å². The van der Waals surface area contributed by atoms with Crippen LogP contribution in [0.1, 0.15) is 45.6 Å². The molecule has 1 aromatic rings. The van der Waals surface area contributed by atoms with Crippen LogP contribution in [0.4, 0.5) is 0 Å². The Balaban J connectivity index is 1.92. The van der Waals surface area contributed by atoms with Crippen molar-refractivity contribution < 1.29 is 9.42 Å². The zero-order valence-electron chi connectivity index (χ0n) is 12.8. The fourth-order valence-corrected chi connectivity index (χ4v) is 4.28. The van der Waals surface area contributed by atoms with Crippen molar-refractivity contribution in [3.8, 4) is 0 Å². The van der Waals surface area contributed by atoms with E-state index in [4.69, 9.17) is 4.52 Å². The van der Waals surface area contributed by atoms with Gasteiger partial charge >= 0.3 is 0 Å². The average molecular weight is 293 g/mol. The Morgan fingerprint density at radius 1 is 1.25 bits per heavy atom. The molecule has 0 spiro atoms. The highest BCUT2D eigenvalue weighted by Crippen LogP contribution is 2.42. The topological polar surface area (TPSA) is 32.3 Å². The number of hydrogen-bond donors (Lipinski definition) is 0. The fourth-order valence-electron chi connectivity index (χ4n) is 3.16. The number of rotatable bonds is 5. The van der Waals surface area contributed by atoms with Gasteiger partial charge in [-0.1, -0.05) is 65.9 Å². The first-order chi connectivity index (χ1) is 9.56. The van der Waals surface area contributed by atoms with Crippen molar-refractivity contribution >= 4 is 8.38 Å². The van der Waals surface area contributed by atoms with Gasteiger partial charge in [-0.2, -0.15) is 0 Å². The molecule has 0 radical (unpaired) electrons. The van der Waals surface area contributed by atoms with Crippen molar-refractivity contribution in [3.63, 3.8) is 0 Å². The second-order valence-corrected chi connectivity index (χ2v) is 7.64. The number of hydrogen-bond acceptors (Lipinski definition) is 2. The van der Waals surface area contributed by atoms with Gasteiger partial charge in [-0.15, -0.1) is 0 Å². The van der Waals surface area contributed by atoms with Crippen LogP contribution < -0.4 is 4.89 Å². The quantitative estimate of drug-likeness (QED) is 0.757. The Morgan fingerprint density at radius 3 is 2.60 bits per heavy atom. The van der Waals surface area contributed by atoms with Gasteiger partial charge in [0.1, 0.15) is 0 Å². The van der Waals surface area contributed by atoms with Gasteiger partial charge in [0.15, 0.2) is 0 Å². The lowest BCUT2D eigenvalue weighted by Gasteiger charge is -2.40. The van der Waals surface area contributed by atoms with Gasteiger partial charge in [-0.05, 0) is 36.2 Å². The lowest BCUT2D eigenvalue weighted by atomic mass is 9.75. The molecular formula is C17H26O2P-. The van der Waals surface area contributed by atoms with Gasteiger partial charge in [0.05, 0.1) is 6.10 Å². The molecule has 1 fully saturated rings. The molecule has 1 unspecified atom stereocenters. The number of benzene rings is 1. The molecule has 112 valence electrons. The van der Waals surface area contributed by atoms with Crippen LogP contribution >= 0.6 is 8.38 Å². The summed E-state index contributed by atoms with van der Waals surface area (Å²) < 4.78 is 5.95. The van der Waals surface area contributed by atoms with Crippen molar-refractivity contribution in [2.75, 3.05) is 0 Å². The molecule has 0 heterocycles. The molecule has 2 nitrogen and oxygen atoms in total. The zero-order chi connectivity index (χ0) is 14.5. The minimum absolute atomic E-state index is 0.172. The van der Waals surface area contributed by atoms with E-state index in [0.29, 0.717) is 23.9 Å². The standard InChI is InChI=1S/C17H26O2P/c1-13(2)16-10-9-14(3)11-17(16)19-20(18)12-15-7-5-4-6-8-15/h4-8,13-14,16-17H,9-12H2,1-3H3/q-1/t14-,16+,17-,20?/m1/s1. The molecule has 4 atom stereocenters. The molecule has 0 bridgehead atoms. The normalized spacial score (nSPS) is 28.6. The molecule has 3 heteroatoms. The van der Waals surface area contributed by atoms with E-state index in [-0.39, 0.29) is 6.10 Å². The first kappa shape index (κ1) is 15.9. The maximum absolute atomic E-state index is 12.3. The average Bonchev–Trinajstić information content (AvgIpc) is 2.39. The van der Waals surface area contributed by atoms with Crippen LogP contribution in [-0.4, -0.2) is 6.10 Å². The van der Waals surface area contributed by atoms with E-state index < -0.39 is 8.38 Å². The Kier molecular flexibility index (Phi) is 6.01. The predicted molar refractivity (Wildman–Crippen MR) is 83.3 cm³/mol. The highest BCUT2D eigenvalue weighted by Gasteiger charge is 2.31. The second kappa shape index (κ2) is 7.54. The van der Waals surface area contributed by atoms with E-state index in [1.165, 1.54) is 12.8 Å². The third-order valence-corrected chi connectivity index (χ3v) is 5.50. The summed E-state index contributed by atoms with van der Waals surface area (Å²) in [6.45, 7) is 6.78. The summed E-state index contributed by atoms with van der Waals surface area (Å²) in [6, 6.07) is 9.98. The Bertz CT molecular complexity index is 393. The van der Waals surface area contributed by atoms with E-state index in [1.807, 2.05) is 30.3 Å². The van der Waals surface area contributed by atoms with Gasteiger partial charge in [0.2, 0.25) is 0 Å². The van der Waals surface area contributed by atoms with Crippen molar-refractivity contribution in [2.24, 2.45) is 17.8 Å². The van der Waals surface area contributed by atoms with Crippen LogP contribution in [-0.2, 0) is 10.7 Å². The predicted octanol–water partition coefficient (Wildman–Crippen LogP) is 4.34. The zero-order valence-corrected chi connectivity index (χ0v) is 13.7. The van der Waals surface area contributed by atoms with Crippen LogP contribution in [0.3, 0.4) is 0 Å². The van der Waals surface area contributed by atoms with Crippen LogP contribution in [0.5, 0.6) is 0 Å². The van der Waals surface area contributed by atoms with Crippen molar-refractivity contribution in [3.05, 3.63) is 35.9 Å². The van der Waals surface area contributed by atoms with E-state index in [9.17, 15) is 4.89 Å². The monoisotopic (exact) mass is 293 g/mol. The first-order valence-electron chi connectivity index (χ1n) is 7.71. The van der Waals surface area contributed by atoms with E-state index >= 15 is 0 Å². The van der Waals surface area contributed by atoms with E-state index in [1.54, 1.807) is 0 Å². The Hall–Kier alpha value is -0.430. The van der Waals surface area contributed by atoms with Gasteiger partial charge in [-0.25, -0.2) is 0 Å². The van der Waals surface area contributed by atoms with Crippen LogP contribution in [0.25, 0.3) is 0 Å². The van der Waals surface area contributed by atoms with Crippen LogP contribution in [0, 0.1) is 17.8 Å². The second-order valence-electron chi connectivity index (χ2n) is 6.45. The molecule has 0 aromatic heterocycles. The van der Waals surface area contributed by atoms with E-state index in [2.05, 4.69) is 20.8 Å². The summed E-state index contributed by atoms with van der Waals surface area (Å²) in [5, 5.41) is 0. The molecule has 20 heavy (non-hydrogen) atoms. The third-order valence-electron chi connectivity index (χ3n) is 4.37. The smallest absolute Gasteiger partial charge is 0.0634 e. The minimum atomic E-state index is -1.60. The SMILES string of the molecule is CC(C)[C@@H]1CC[C@@H](C)C[C@H]1OP([O-])Cc1ccccc1. The molecule has 0 amide bonds. The van der Waals surface area contributed by atoms with Gasteiger partial charge < -0.3 is 9.42 Å². The maximum Gasteiger partial charge on any atom is 0.0634 e. The van der Waals surface area contributed by atoms with Gasteiger partial charge in [0, 0.05) is 6.16 Å². The molecule has 0 saturated heterocycles. The molecule has 1 saturated carbocycles. The third kappa shape index (κ3) is 4.55. The molecule has 0 aliphatic heterocycles. The first-order valence-corrected chi connectivity index (χ1v) is 9.08. The Morgan fingerprint density at radius 2 is 1.95 bits per heavy atom. The highest BCUT2D eigenvalue weighted by molar-refractivity contribution is 7.43. The van der Waals surface area contributed by atoms with Gasteiger partial charge in [-0.3, -0.25) is 0 Å². The summed E-state index contributed by atoms with van der Waals surface area (Å²) in [5.74, 6) is 1.85. The highest BCUT2D eigenvalue weighted by atomic mass is 31.2. The van der Waals surface area contributed by atoms with Crippen molar-refractivity contribution in [1.29, 1.82) is 0 Å². The largest absolute Gasteiger partial charge is 0.808 e. The maximum atomic E-state index is 12.3. The van der Waals surface area contributed by atoms with Crippen molar-refractivity contribution in [2.45, 2.75) is 52.3 Å². The Labute approximate surface area is 124 Å². The molecule has 0 N–H and O–H groups in total. The summed E-state index contributed by atoms with van der Waals surface area (Å²) in [6.07, 6.45) is 4.24. The minimum Gasteiger partial charge on any atom is -0.808 e. The lowest BCUT2D eigenvalue weighted by molar-refractivity contribution is -0.188. The van der Waals surface area contributed by atoms with Crippen LogP contribution in [0.15, 0.2) is 30.3 Å². The molecule has 1 aromatic carbocycles. The molecule has 1 aliphatic rings. The van der Waals surface area contributed by atoms with E-state index in [0.717, 1.165) is 12.0 Å². The molecule has 2 rings (SSSR count).